The highest BCUT2D eigenvalue weighted by Crippen LogP contribution is 2.24. The van der Waals surface area contributed by atoms with Crippen LogP contribution in [-0.4, -0.2) is 11.9 Å². The number of hydrogen-bond acceptors (Lipinski definition) is 3. The Morgan fingerprint density at radius 2 is 2.31 bits per heavy atom. The van der Waals surface area contributed by atoms with Gasteiger partial charge in [0.25, 0.3) is 0 Å². The second-order valence-corrected chi connectivity index (χ2v) is 3.40. The Morgan fingerprint density at radius 1 is 1.62 bits per heavy atom. The van der Waals surface area contributed by atoms with E-state index in [0.29, 0.717) is 6.42 Å². The minimum absolute atomic E-state index is 0.224. The summed E-state index contributed by atoms with van der Waals surface area (Å²) in [6.45, 7) is 5.91. The van der Waals surface area contributed by atoms with E-state index in [9.17, 15) is 9.59 Å². The molecule has 1 rings (SSSR count). The number of carbonyl (C=O) groups is 2. The van der Waals surface area contributed by atoms with Crippen molar-refractivity contribution >= 4 is 11.9 Å². The third-order valence-electron chi connectivity index (χ3n) is 2.10. The van der Waals surface area contributed by atoms with Crippen molar-refractivity contribution in [1.82, 2.24) is 0 Å². The number of ether oxygens (including phenoxy) is 1. The van der Waals surface area contributed by atoms with Crippen LogP contribution in [0.3, 0.4) is 0 Å². The van der Waals surface area contributed by atoms with Gasteiger partial charge in [0, 0.05) is 0 Å². The van der Waals surface area contributed by atoms with Crippen LogP contribution in [0.5, 0.6) is 0 Å². The summed E-state index contributed by atoms with van der Waals surface area (Å²) >= 11 is 0. The zero-order valence-corrected chi connectivity index (χ0v) is 7.84. The van der Waals surface area contributed by atoms with Crippen LogP contribution in [0, 0.1) is 5.92 Å². The molecular formula is C10H14O3. The van der Waals surface area contributed by atoms with Crippen molar-refractivity contribution in [3.63, 3.8) is 0 Å². The van der Waals surface area contributed by atoms with Gasteiger partial charge in [0.1, 0.15) is 0 Å². The number of hydrogen-bond donors (Lipinski definition) is 0. The van der Waals surface area contributed by atoms with Gasteiger partial charge in [-0.2, -0.15) is 0 Å². The summed E-state index contributed by atoms with van der Waals surface area (Å²) in [4.78, 5) is 21.8. The second-order valence-electron chi connectivity index (χ2n) is 3.40. The molecule has 0 amide bonds. The highest BCUT2D eigenvalue weighted by atomic mass is 16.6. The van der Waals surface area contributed by atoms with Gasteiger partial charge in [-0.3, -0.25) is 9.59 Å². The first-order valence-corrected chi connectivity index (χ1v) is 4.54. The van der Waals surface area contributed by atoms with E-state index in [1.807, 2.05) is 0 Å². The average molecular weight is 182 g/mol. The Bertz CT molecular complexity index is 243. The summed E-state index contributed by atoms with van der Waals surface area (Å²) in [5, 5.41) is 0. The molecule has 1 aliphatic heterocycles. The molecule has 1 fully saturated rings. The van der Waals surface area contributed by atoms with E-state index in [1.165, 1.54) is 0 Å². The van der Waals surface area contributed by atoms with Gasteiger partial charge < -0.3 is 4.74 Å². The molecule has 0 N–H and O–H groups in total. The van der Waals surface area contributed by atoms with E-state index in [4.69, 9.17) is 0 Å². The lowest BCUT2D eigenvalue weighted by Gasteiger charge is -2.05. The average Bonchev–Trinajstić information content (AvgIpc) is 2.30. The SMILES string of the molecule is C=C(CCC)CC1CC(=O)OC1=O. The number of carbonyl (C=O) groups excluding carboxylic acids is 2. The van der Waals surface area contributed by atoms with Crippen LogP contribution in [0.1, 0.15) is 32.6 Å². The predicted molar refractivity (Wildman–Crippen MR) is 47.9 cm³/mol. The fourth-order valence-electron chi connectivity index (χ4n) is 1.48. The number of allylic oxidation sites excluding steroid dienone is 1. The minimum Gasteiger partial charge on any atom is -0.393 e. The molecule has 0 bridgehead atoms. The predicted octanol–water partition coefficient (Wildman–Crippen LogP) is 1.82. The topological polar surface area (TPSA) is 43.4 Å². The smallest absolute Gasteiger partial charge is 0.317 e. The molecule has 0 aromatic carbocycles. The first-order valence-electron chi connectivity index (χ1n) is 4.54. The Hall–Kier alpha value is -1.12. The molecule has 0 aromatic heterocycles. The second kappa shape index (κ2) is 4.21. The molecule has 1 unspecified atom stereocenters. The molecule has 1 aliphatic rings. The zero-order chi connectivity index (χ0) is 9.84. The highest BCUT2D eigenvalue weighted by Gasteiger charge is 2.33. The Kier molecular flexibility index (Phi) is 3.23. The largest absolute Gasteiger partial charge is 0.393 e. The number of esters is 2. The van der Waals surface area contributed by atoms with Crippen LogP contribution in [-0.2, 0) is 14.3 Å². The van der Waals surface area contributed by atoms with Crippen molar-refractivity contribution in [3.8, 4) is 0 Å². The lowest BCUT2D eigenvalue weighted by Crippen LogP contribution is -2.08. The first-order chi connectivity index (χ1) is 6.13. The Balaban J connectivity index is 2.41. The summed E-state index contributed by atoms with van der Waals surface area (Å²) in [7, 11) is 0. The lowest BCUT2D eigenvalue weighted by molar-refractivity contribution is -0.153. The zero-order valence-electron chi connectivity index (χ0n) is 7.84. The molecule has 0 saturated carbocycles. The van der Waals surface area contributed by atoms with Gasteiger partial charge in [-0.1, -0.05) is 25.5 Å². The van der Waals surface area contributed by atoms with Crippen LogP contribution in [0.4, 0.5) is 0 Å². The molecular weight excluding hydrogens is 168 g/mol. The van der Waals surface area contributed by atoms with Crippen molar-refractivity contribution in [2.45, 2.75) is 32.6 Å². The van der Waals surface area contributed by atoms with E-state index < -0.39 is 5.97 Å². The molecule has 0 spiro atoms. The monoisotopic (exact) mass is 182 g/mol. The summed E-state index contributed by atoms with van der Waals surface area (Å²) in [6.07, 6.45) is 2.76. The Labute approximate surface area is 77.8 Å². The van der Waals surface area contributed by atoms with E-state index >= 15 is 0 Å². The van der Waals surface area contributed by atoms with E-state index in [0.717, 1.165) is 18.4 Å². The van der Waals surface area contributed by atoms with E-state index in [1.54, 1.807) is 0 Å². The van der Waals surface area contributed by atoms with E-state index in [-0.39, 0.29) is 18.3 Å². The standard InChI is InChI=1S/C10H14O3/c1-3-4-7(2)5-8-6-9(11)13-10(8)12/h8H,2-6H2,1H3. The summed E-state index contributed by atoms with van der Waals surface area (Å²) in [5.41, 5.74) is 1.03. The molecule has 72 valence electrons. The van der Waals surface area contributed by atoms with Crippen molar-refractivity contribution in [2.75, 3.05) is 0 Å². The maximum absolute atomic E-state index is 11.0. The van der Waals surface area contributed by atoms with Gasteiger partial charge in [-0.25, -0.2) is 0 Å². The van der Waals surface area contributed by atoms with Crippen molar-refractivity contribution in [1.29, 1.82) is 0 Å². The highest BCUT2D eigenvalue weighted by molar-refractivity contribution is 5.94. The maximum Gasteiger partial charge on any atom is 0.317 e. The molecule has 0 radical (unpaired) electrons. The molecule has 13 heavy (non-hydrogen) atoms. The number of rotatable bonds is 4. The third kappa shape index (κ3) is 2.68. The van der Waals surface area contributed by atoms with Crippen LogP contribution >= 0.6 is 0 Å². The van der Waals surface area contributed by atoms with Crippen LogP contribution in [0.15, 0.2) is 12.2 Å². The Morgan fingerprint density at radius 3 is 2.77 bits per heavy atom. The fraction of sp³-hybridized carbons (Fsp3) is 0.600. The van der Waals surface area contributed by atoms with Crippen LogP contribution < -0.4 is 0 Å². The molecule has 0 aromatic rings. The molecule has 1 saturated heterocycles. The van der Waals surface area contributed by atoms with Crippen molar-refractivity contribution < 1.29 is 14.3 Å². The molecule has 3 nitrogen and oxygen atoms in total. The normalized spacial score (nSPS) is 21.8. The third-order valence-corrected chi connectivity index (χ3v) is 2.10. The summed E-state index contributed by atoms with van der Waals surface area (Å²) < 4.78 is 4.43. The van der Waals surface area contributed by atoms with Gasteiger partial charge in [0.05, 0.1) is 12.3 Å². The van der Waals surface area contributed by atoms with Crippen molar-refractivity contribution in [2.24, 2.45) is 5.92 Å². The minimum atomic E-state index is -0.403. The summed E-state index contributed by atoms with van der Waals surface area (Å²) in [6, 6.07) is 0. The maximum atomic E-state index is 11.0. The quantitative estimate of drug-likeness (QED) is 0.378. The van der Waals surface area contributed by atoms with Gasteiger partial charge in [0.2, 0.25) is 0 Å². The first kappa shape index (κ1) is 9.96. The number of cyclic esters (lactones) is 2. The molecule has 1 heterocycles. The van der Waals surface area contributed by atoms with Gasteiger partial charge in [-0.15, -0.1) is 0 Å². The van der Waals surface area contributed by atoms with Crippen LogP contribution in [0.25, 0.3) is 0 Å². The fourth-order valence-corrected chi connectivity index (χ4v) is 1.48. The van der Waals surface area contributed by atoms with Gasteiger partial charge in [0.15, 0.2) is 0 Å². The van der Waals surface area contributed by atoms with Crippen LogP contribution in [0.2, 0.25) is 0 Å². The summed E-state index contributed by atoms with van der Waals surface area (Å²) in [5.74, 6) is -1.06. The molecule has 1 atom stereocenters. The molecule has 0 aliphatic carbocycles. The lowest BCUT2D eigenvalue weighted by atomic mass is 9.96. The van der Waals surface area contributed by atoms with Crippen molar-refractivity contribution in [3.05, 3.63) is 12.2 Å². The van der Waals surface area contributed by atoms with Gasteiger partial charge in [-0.05, 0) is 12.8 Å². The van der Waals surface area contributed by atoms with E-state index in [2.05, 4.69) is 18.2 Å². The molecule has 3 heteroatoms. The van der Waals surface area contributed by atoms with Gasteiger partial charge >= 0.3 is 11.9 Å².